The number of rotatable bonds is 3. The fourth-order valence-electron chi connectivity index (χ4n) is 1.70. The van der Waals surface area contributed by atoms with Crippen molar-refractivity contribution in [2.75, 3.05) is 32.7 Å². The summed E-state index contributed by atoms with van der Waals surface area (Å²) in [6, 6.07) is 0.0285. The molecule has 0 atom stereocenters. The van der Waals surface area contributed by atoms with E-state index < -0.39 is 0 Å². The molecule has 2 amide bonds. The van der Waals surface area contributed by atoms with Gasteiger partial charge in [-0.25, -0.2) is 4.79 Å². The maximum atomic E-state index is 11.9. The van der Waals surface area contributed by atoms with Gasteiger partial charge in [0.1, 0.15) is 0 Å². The van der Waals surface area contributed by atoms with Gasteiger partial charge in [-0.3, -0.25) is 0 Å². The first-order valence-corrected chi connectivity index (χ1v) is 6.49. The van der Waals surface area contributed by atoms with E-state index in [9.17, 15) is 4.79 Å². The molecule has 1 heterocycles. The highest BCUT2D eigenvalue weighted by Crippen LogP contribution is 2.06. The predicted molar refractivity (Wildman–Crippen MR) is 70.8 cm³/mol. The van der Waals surface area contributed by atoms with E-state index in [1.165, 1.54) is 5.57 Å². The Bertz CT molecular complexity index is 278. The molecule has 0 aliphatic carbocycles. The van der Waals surface area contributed by atoms with Gasteiger partial charge in [-0.15, -0.1) is 0 Å². The van der Waals surface area contributed by atoms with Crippen LogP contribution in [-0.4, -0.2) is 48.6 Å². The highest BCUT2D eigenvalue weighted by Gasteiger charge is 2.19. The number of likely N-dealkylation sites (N-methyl/N-ethyl adjacent to an activating group) is 1. The van der Waals surface area contributed by atoms with Crippen LogP contribution in [0.3, 0.4) is 0 Å². The first-order valence-electron chi connectivity index (χ1n) is 6.49. The van der Waals surface area contributed by atoms with Gasteiger partial charge in [0.2, 0.25) is 0 Å². The summed E-state index contributed by atoms with van der Waals surface area (Å²) in [7, 11) is 0. The second-order valence-corrected chi connectivity index (χ2v) is 4.91. The number of hydrogen-bond acceptors (Lipinski definition) is 2. The Labute approximate surface area is 105 Å². The molecule has 0 aromatic carbocycles. The average molecular weight is 239 g/mol. The molecule has 0 bridgehead atoms. The third-order valence-corrected chi connectivity index (χ3v) is 3.44. The number of hydrogen-bond donors (Lipinski definition) is 1. The second kappa shape index (κ2) is 6.64. The molecule has 0 unspecified atom stereocenters. The van der Waals surface area contributed by atoms with E-state index in [2.05, 4.69) is 31.0 Å². The van der Waals surface area contributed by atoms with Crippen LogP contribution in [0.4, 0.5) is 4.79 Å². The zero-order valence-corrected chi connectivity index (χ0v) is 11.5. The van der Waals surface area contributed by atoms with Crippen LogP contribution in [0.1, 0.15) is 27.7 Å². The molecule has 4 nitrogen and oxygen atoms in total. The van der Waals surface area contributed by atoms with Crippen LogP contribution >= 0.6 is 0 Å². The lowest BCUT2D eigenvalue weighted by atomic mass is 10.1. The Hall–Kier alpha value is -1.03. The standard InChI is InChI=1S/C13H25N3O/c1-5-15-6-8-16(9-7-15)13(17)14-10-12(4)11(2)3/h10-11H,5-9H2,1-4H3,(H,14,17)/b12-10+. The van der Waals surface area contributed by atoms with Crippen LogP contribution < -0.4 is 5.32 Å². The molecule has 0 aromatic heterocycles. The number of carbonyl (C=O) groups excluding carboxylic acids is 1. The van der Waals surface area contributed by atoms with Gasteiger partial charge in [0.05, 0.1) is 0 Å². The van der Waals surface area contributed by atoms with Gasteiger partial charge in [0.25, 0.3) is 0 Å². The minimum Gasteiger partial charge on any atom is -0.322 e. The Morgan fingerprint density at radius 1 is 1.29 bits per heavy atom. The Morgan fingerprint density at radius 2 is 1.88 bits per heavy atom. The van der Waals surface area contributed by atoms with E-state index >= 15 is 0 Å². The number of amides is 2. The van der Waals surface area contributed by atoms with Gasteiger partial charge >= 0.3 is 6.03 Å². The van der Waals surface area contributed by atoms with Crippen LogP contribution in [0.2, 0.25) is 0 Å². The molecule has 17 heavy (non-hydrogen) atoms. The number of urea groups is 1. The minimum atomic E-state index is 0.0285. The van der Waals surface area contributed by atoms with Crippen LogP contribution in [-0.2, 0) is 0 Å². The van der Waals surface area contributed by atoms with Gasteiger partial charge < -0.3 is 15.1 Å². The van der Waals surface area contributed by atoms with Crippen LogP contribution in [0, 0.1) is 5.92 Å². The molecule has 1 aliphatic rings. The zero-order valence-electron chi connectivity index (χ0n) is 11.5. The lowest BCUT2D eigenvalue weighted by Gasteiger charge is -2.33. The molecule has 98 valence electrons. The van der Waals surface area contributed by atoms with Crippen molar-refractivity contribution in [1.82, 2.24) is 15.1 Å². The SMILES string of the molecule is CCN1CCN(C(=O)N/C=C(\C)C(C)C)CC1. The maximum absolute atomic E-state index is 11.9. The monoisotopic (exact) mass is 239 g/mol. The summed E-state index contributed by atoms with van der Waals surface area (Å²) in [5, 5.41) is 2.87. The van der Waals surface area contributed by atoms with Crippen molar-refractivity contribution in [2.24, 2.45) is 5.92 Å². The number of nitrogens with zero attached hydrogens (tertiary/aromatic N) is 2. The summed E-state index contributed by atoms with van der Waals surface area (Å²) in [5.41, 5.74) is 1.20. The van der Waals surface area contributed by atoms with E-state index in [1.807, 2.05) is 18.0 Å². The van der Waals surface area contributed by atoms with Crippen LogP contribution in [0.5, 0.6) is 0 Å². The molecular weight excluding hydrogens is 214 g/mol. The lowest BCUT2D eigenvalue weighted by molar-refractivity contribution is 0.145. The third kappa shape index (κ3) is 4.38. The highest BCUT2D eigenvalue weighted by molar-refractivity contribution is 5.75. The number of carbonyl (C=O) groups is 1. The summed E-state index contributed by atoms with van der Waals surface area (Å²) in [6.45, 7) is 13.1. The Balaban J connectivity index is 2.37. The lowest BCUT2D eigenvalue weighted by Crippen LogP contribution is -2.50. The van der Waals surface area contributed by atoms with Crippen molar-refractivity contribution >= 4 is 6.03 Å². The van der Waals surface area contributed by atoms with Gasteiger partial charge in [0, 0.05) is 32.4 Å². The molecule has 4 heteroatoms. The number of piperazine rings is 1. The molecule has 0 saturated carbocycles. The summed E-state index contributed by atoms with van der Waals surface area (Å²) in [5.74, 6) is 0.479. The van der Waals surface area contributed by atoms with Crippen molar-refractivity contribution in [1.29, 1.82) is 0 Å². The normalized spacial score (nSPS) is 18.6. The molecule has 1 rings (SSSR count). The average Bonchev–Trinajstić information content (AvgIpc) is 2.35. The number of allylic oxidation sites excluding steroid dienone is 1. The topological polar surface area (TPSA) is 35.6 Å². The first-order chi connectivity index (χ1) is 8.04. The Kier molecular flexibility index (Phi) is 5.48. The summed E-state index contributed by atoms with van der Waals surface area (Å²) in [6.07, 6.45) is 1.83. The predicted octanol–water partition coefficient (Wildman–Crippen LogP) is 1.89. The van der Waals surface area contributed by atoms with E-state index in [1.54, 1.807) is 0 Å². The minimum absolute atomic E-state index is 0.0285. The zero-order chi connectivity index (χ0) is 12.8. The van der Waals surface area contributed by atoms with Gasteiger partial charge in [-0.05, 0) is 19.4 Å². The summed E-state index contributed by atoms with van der Waals surface area (Å²) < 4.78 is 0. The van der Waals surface area contributed by atoms with Crippen LogP contribution in [0.25, 0.3) is 0 Å². The third-order valence-electron chi connectivity index (χ3n) is 3.44. The Morgan fingerprint density at radius 3 is 2.35 bits per heavy atom. The van der Waals surface area contributed by atoms with Crippen molar-refractivity contribution in [3.05, 3.63) is 11.8 Å². The largest absolute Gasteiger partial charge is 0.322 e. The van der Waals surface area contributed by atoms with Crippen molar-refractivity contribution in [3.63, 3.8) is 0 Å². The fraction of sp³-hybridized carbons (Fsp3) is 0.769. The molecule has 0 spiro atoms. The highest BCUT2D eigenvalue weighted by atomic mass is 16.2. The first kappa shape index (κ1) is 14.0. The van der Waals surface area contributed by atoms with Crippen molar-refractivity contribution < 1.29 is 4.79 Å². The summed E-state index contributed by atoms with van der Waals surface area (Å²) >= 11 is 0. The molecule has 0 aromatic rings. The van der Waals surface area contributed by atoms with Crippen molar-refractivity contribution in [3.8, 4) is 0 Å². The molecule has 1 saturated heterocycles. The van der Waals surface area contributed by atoms with E-state index in [0.717, 1.165) is 32.7 Å². The van der Waals surface area contributed by atoms with Gasteiger partial charge in [-0.2, -0.15) is 0 Å². The molecule has 0 radical (unpaired) electrons. The fourth-order valence-corrected chi connectivity index (χ4v) is 1.70. The van der Waals surface area contributed by atoms with Crippen LogP contribution in [0.15, 0.2) is 11.8 Å². The maximum Gasteiger partial charge on any atom is 0.321 e. The van der Waals surface area contributed by atoms with Gasteiger partial charge in [-0.1, -0.05) is 26.3 Å². The molecule has 1 N–H and O–H groups in total. The second-order valence-electron chi connectivity index (χ2n) is 4.91. The summed E-state index contributed by atoms with van der Waals surface area (Å²) in [4.78, 5) is 16.1. The smallest absolute Gasteiger partial charge is 0.321 e. The quantitative estimate of drug-likeness (QED) is 0.816. The molecule has 1 fully saturated rings. The molecular formula is C13H25N3O. The van der Waals surface area contributed by atoms with E-state index in [-0.39, 0.29) is 6.03 Å². The van der Waals surface area contributed by atoms with Gasteiger partial charge in [0.15, 0.2) is 0 Å². The number of nitrogens with one attached hydrogen (secondary N) is 1. The van der Waals surface area contributed by atoms with E-state index in [4.69, 9.17) is 0 Å². The van der Waals surface area contributed by atoms with Crippen molar-refractivity contribution in [2.45, 2.75) is 27.7 Å². The van der Waals surface area contributed by atoms with E-state index in [0.29, 0.717) is 5.92 Å². The molecule has 1 aliphatic heterocycles.